The summed E-state index contributed by atoms with van der Waals surface area (Å²) < 4.78 is 0. The molecule has 4 nitrogen and oxygen atoms in total. The molecule has 2 N–H and O–H groups in total. The predicted octanol–water partition coefficient (Wildman–Crippen LogP) is 5.23. The molecule has 0 aliphatic heterocycles. The van der Waals surface area contributed by atoms with Gasteiger partial charge in [-0.05, 0) is 59.7 Å². The fourth-order valence-electron chi connectivity index (χ4n) is 3.37. The number of hydrogen-bond donors (Lipinski definition) is 2. The van der Waals surface area contributed by atoms with E-state index in [1.807, 2.05) is 36.4 Å². The predicted molar refractivity (Wildman–Crippen MR) is 115 cm³/mol. The molecule has 0 aliphatic carbocycles. The first-order valence-electron chi connectivity index (χ1n) is 9.40. The van der Waals surface area contributed by atoms with E-state index in [1.165, 1.54) is 48.5 Å². The molecule has 0 saturated heterocycles. The monoisotopic (exact) mass is 394 g/mol. The van der Waals surface area contributed by atoms with E-state index in [-0.39, 0.29) is 28.6 Å². The molecule has 0 atom stereocenters. The van der Waals surface area contributed by atoms with E-state index in [4.69, 9.17) is 0 Å². The van der Waals surface area contributed by atoms with E-state index < -0.39 is 0 Å². The molecule has 4 rings (SSSR count). The summed E-state index contributed by atoms with van der Waals surface area (Å²) in [5.41, 5.74) is 2.79. The van der Waals surface area contributed by atoms with E-state index in [0.29, 0.717) is 22.3 Å². The van der Waals surface area contributed by atoms with Gasteiger partial charge in [-0.3, -0.25) is 9.59 Å². The molecular weight excluding hydrogens is 376 g/mol. The van der Waals surface area contributed by atoms with Crippen molar-refractivity contribution in [2.24, 2.45) is 0 Å². The van der Waals surface area contributed by atoms with Gasteiger partial charge in [-0.25, -0.2) is 0 Å². The Labute approximate surface area is 173 Å². The fourth-order valence-corrected chi connectivity index (χ4v) is 3.37. The molecular formula is C26H18O4. The third-order valence-electron chi connectivity index (χ3n) is 4.88. The summed E-state index contributed by atoms with van der Waals surface area (Å²) in [6, 6.07) is 26.5. The lowest BCUT2D eigenvalue weighted by Crippen LogP contribution is -2.13. The van der Waals surface area contributed by atoms with Crippen LogP contribution in [0.25, 0.3) is 11.1 Å². The van der Waals surface area contributed by atoms with E-state index in [0.717, 1.165) is 5.56 Å². The number of phenols is 2. The standard InChI is InChI=1S/C26H18O4/c27-20-13-9-18(10-14-20)25(29)23-8-4-7-22(17-5-2-1-3-6-17)24(23)26(30)19-11-15-21(28)16-12-19/h1-16,27-28H. The van der Waals surface area contributed by atoms with Gasteiger partial charge in [0.15, 0.2) is 11.6 Å². The summed E-state index contributed by atoms with van der Waals surface area (Å²) in [4.78, 5) is 26.8. The Bertz CT molecular complexity index is 1210. The van der Waals surface area contributed by atoms with E-state index >= 15 is 0 Å². The molecule has 0 radical (unpaired) electrons. The minimum Gasteiger partial charge on any atom is -0.508 e. The van der Waals surface area contributed by atoms with Crippen LogP contribution in [0.1, 0.15) is 31.8 Å². The summed E-state index contributed by atoms with van der Waals surface area (Å²) in [7, 11) is 0. The number of benzene rings is 4. The molecule has 0 aromatic heterocycles. The minimum absolute atomic E-state index is 0.0586. The van der Waals surface area contributed by atoms with E-state index in [9.17, 15) is 19.8 Å². The van der Waals surface area contributed by atoms with Crippen molar-refractivity contribution in [2.75, 3.05) is 0 Å². The summed E-state index contributed by atoms with van der Waals surface area (Å²) in [5, 5.41) is 19.1. The number of carbonyl (C=O) groups is 2. The molecule has 0 amide bonds. The van der Waals surface area contributed by atoms with Crippen LogP contribution in [-0.2, 0) is 0 Å². The van der Waals surface area contributed by atoms with Gasteiger partial charge in [0.1, 0.15) is 11.5 Å². The molecule has 4 aromatic rings. The second kappa shape index (κ2) is 8.05. The highest BCUT2D eigenvalue weighted by atomic mass is 16.3. The second-order valence-corrected chi connectivity index (χ2v) is 6.85. The van der Waals surface area contributed by atoms with Gasteiger partial charge in [0.25, 0.3) is 0 Å². The normalized spacial score (nSPS) is 10.5. The van der Waals surface area contributed by atoms with Gasteiger partial charge >= 0.3 is 0 Å². The number of phenolic OH excluding ortho intramolecular Hbond substituents is 2. The van der Waals surface area contributed by atoms with Crippen LogP contribution < -0.4 is 0 Å². The zero-order chi connectivity index (χ0) is 21.1. The average molecular weight is 394 g/mol. The largest absolute Gasteiger partial charge is 0.508 e. The smallest absolute Gasteiger partial charge is 0.194 e. The Kier molecular flexibility index (Phi) is 5.14. The van der Waals surface area contributed by atoms with Crippen LogP contribution in [0.4, 0.5) is 0 Å². The van der Waals surface area contributed by atoms with Gasteiger partial charge in [0.05, 0.1) is 0 Å². The van der Waals surface area contributed by atoms with Crippen molar-refractivity contribution in [1.29, 1.82) is 0 Å². The SMILES string of the molecule is O=C(c1ccc(O)cc1)c1cccc(-c2ccccc2)c1C(=O)c1ccc(O)cc1. The molecule has 0 aliphatic rings. The van der Waals surface area contributed by atoms with Gasteiger partial charge in [-0.1, -0.05) is 48.5 Å². The van der Waals surface area contributed by atoms with Crippen LogP contribution in [0, 0.1) is 0 Å². The minimum atomic E-state index is -0.310. The first-order chi connectivity index (χ1) is 14.5. The van der Waals surface area contributed by atoms with Crippen LogP contribution >= 0.6 is 0 Å². The van der Waals surface area contributed by atoms with Crippen molar-refractivity contribution in [3.63, 3.8) is 0 Å². The van der Waals surface area contributed by atoms with Crippen LogP contribution in [0.2, 0.25) is 0 Å². The second-order valence-electron chi connectivity index (χ2n) is 6.85. The first kappa shape index (κ1) is 19.2. The van der Waals surface area contributed by atoms with E-state index in [1.54, 1.807) is 12.1 Å². The van der Waals surface area contributed by atoms with Crippen molar-refractivity contribution in [3.8, 4) is 22.6 Å². The molecule has 0 heterocycles. The third-order valence-corrected chi connectivity index (χ3v) is 4.88. The first-order valence-corrected chi connectivity index (χ1v) is 9.40. The van der Waals surface area contributed by atoms with Gasteiger partial charge in [0, 0.05) is 22.3 Å². The Hall–Kier alpha value is -4.18. The highest BCUT2D eigenvalue weighted by Crippen LogP contribution is 2.30. The zero-order valence-electron chi connectivity index (χ0n) is 15.9. The van der Waals surface area contributed by atoms with Crippen molar-refractivity contribution < 1.29 is 19.8 Å². The quantitative estimate of drug-likeness (QED) is 0.455. The van der Waals surface area contributed by atoms with Crippen molar-refractivity contribution in [1.82, 2.24) is 0 Å². The van der Waals surface area contributed by atoms with Crippen LogP contribution in [0.5, 0.6) is 11.5 Å². The van der Waals surface area contributed by atoms with Crippen molar-refractivity contribution in [2.45, 2.75) is 0 Å². The lowest BCUT2D eigenvalue weighted by Gasteiger charge is -2.14. The summed E-state index contributed by atoms with van der Waals surface area (Å²) in [6.07, 6.45) is 0. The topological polar surface area (TPSA) is 74.6 Å². The Morgan fingerprint density at radius 1 is 0.533 bits per heavy atom. The Morgan fingerprint density at radius 3 is 1.63 bits per heavy atom. The van der Waals surface area contributed by atoms with Gasteiger partial charge in [-0.15, -0.1) is 0 Å². The van der Waals surface area contributed by atoms with Gasteiger partial charge in [0.2, 0.25) is 0 Å². The highest BCUT2D eigenvalue weighted by molar-refractivity contribution is 6.22. The molecule has 0 bridgehead atoms. The average Bonchev–Trinajstić information content (AvgIpc) is 2.79. The van der Waals surface area contributed by atoms with Crippen molar-refractivity contribution in [3.05, 3.63) is 119 Å². The molecule has 0 saturated carbocycles. The number of aromatic hydroxyl groups is 2. The third kappa shape index (κ3) is 3.71. The van der Waals surface area contributed by atoms with Crippen molar-refractivity contribution >= 4 is 11.6 Å². The number of ketones is 2. The number of hydrogen-bond acceptors (Lipinski definition) is 4. The molecule has 146 valence electrons. The zero-order valence-corrected chi connectivity index (χ0v) is 15.9. The maximum absolute atomic E-state index is 13.5. The van der Waals surface area contributed by atoms with Crippen LogP contribution in [0.3, 0.4) is 0 Å². The lowest BCUT2D eigenvalue weighted by molar-refractivity contribution is 0.100. The van der Waals surface area contributed by atoms with Crippen LogP contribution in [0.15, 0.2) is 97.1 Å². The molecule has 0 spiro atoms. The molecule has 4 aromatic carbocycles. The fraction of sp³-hybridized carbons (Fsp3) is 0. The molecule has 4 heteroatoms. The number of carbonyl (C=O) groups excluding carboxylic acids is 2. The maximum atomic E-state index is 13.5. The molecule has 0 fully saturated rings. The maximum Gasteiger partial charge on any atom is 0.194 e. The highest BCUT2D eigenvalue weighted by Gasteiger charge is 2.23. The summed E-state index contributed by atoms with van der Waals surface area (Å²) in [6.45, 7) is 0. The molecule has 30 heavy (non-hydrogen) atoms. The van der Waals surface area contributed by atoms with E-state index in [2.05, 4.69) is 0 Å². The Balaban J connectivity index is 1.92. The van der Waals surface area contributed by atoms with Crippen LogP contribution in [-0.4, -0.2) is 21.8 Å². The Morgan fingerprint density at radius 2 is 1.07 bits per heavy atom. The summed E-state index contributed by atoms with van der Waals surface area (Å²) in [5.74, 6) is -0.500. The lowest BCUT2D eigenvalue weighted by atomic mass is 9.87. The molecule has 0 unspecified atom stereocenters. The summed E-state index contributed by atoms with van der Waals surface area (Å²) >= 11 is 0. The van der Waals surface area contributed by atoms with Gasteiger partial charge in [-0.2, -0.15) is 0 Å². The van der Waals surface area contributed by atoms with Gasteiger partial charge < -0.3 is 10.2 Å². The number of rotatable bonds is 5.